The van der Waals surface area contributed by atoms with Crippen molar-refractivity contribution in [2.75, 3.05) is 11.1 Å². The van der Waals surface area contributed by atoms with Gasteiger partial charge < -0.3 is 0 Å². The maximum Gasteiger partial charge on any atom is 0.147 e. The predicted molar refractivity (Wildman–Crippen MR) is 61.5 cm³/mol. The normalized spacial score (nSPS) is 13.2. The second-order valence-electron chi connectivity index (χ2n) is 3.74. The van der Waals surface area contributed by atoms with Gasteiger partial charge in [0.05, 0.1) is 8.07 Å². The summed E-state index contributed by atoms with van der Waals surface area (Å²) in [5, 5.41) is 0.500. The summed E-state index contributed by atoms with van der Waals surface area (Å²) in [5.74, 6) is 0.307. The molecule has 0 amide bonds. The minimum Gasteiger partial charge on any atom is -0.229 e. The molecule has 0 aromatic heterocycles. The van der Waals surface area contributed by atoms with Gasteiger partial charge in [0, 0.05) is 11.1 Å². The molecular formula is C9H22O2SSi. The molecule has 0 fully saturated rings. The van der Waals surface area contributed by atoms with E-state index in [-0.39, 0.29) is 0 Å². The lowest BCUT2D eigenvalue weighted by molar-refractivity contribution is 0.601. The van der Waals surface area contributed by atoms with E-state index in [1.807, 2.05) is 0 Å². The number of hydrogen-bond donors (Lipinski definition) is 0. The molecule has 0 bridgehead atoms. The Hall–Kier alpha value is 0.167. The molecule has 0 aromatic rings. The van der Waals surface area contributed by atoms with E-state index in [1.165, 1.54) is 0 Å². The zero-order chi connectivity index (χ0) is 10.5. The first kappa shape index (κ1) is 13.2. The molecule has 80 valence electrons. The van der Waals surface area contributed by atoms with E-state index in [2.05, 4.69) is 20.8 Å². The van der Waals surface area contributed by atoms with Crippen molar-refractivity contribution in [2.24, 2.45) is 0 Å². The molecule has 0 N–H and O–H groups in total. The molecule has 0 saturated carbocycles. The van der Waals surface area contributed by atoms with Gasteiger partial charge in [-0.3, -0.25) is 0 Å². The van der Waals surface area contributed by atoms with Crippen LogP contribution in [-0.4, -0.2) is 27.6 Å². The summed E-state index contributed by atoms with van der Waals surface area (Å²) in [6, 6.07) is 3.29. The minimum atomic E-state index is -2.75. The Morgan fingerprint density at radius 3 is 1.54 bits per heavy atom. The molecule has 0 radical (unpaired) electrons. The highest BCUT2D eigenvalue weighted by molar-refractivity contribution is 7.93. The molecule has 0 saturated heterocycles. The second-order valence-corrected chi connectivity index (χ2v) is 12.1. The van der Waals surface area contributed by atoms with E-state index in [1.54, 1.807) is 6.92 Å². The fraction of sp³-hybridized carbons (Fsp3) is 1.00. The molecule has 2 nitrogen and oxygen atoms in total. The summed E-state index contributed by atoms with van der Waals surface area (Å²) in [4.78, 5) is 0. The predicted octanol–water partition coefficient (Wildman–Crippen LogP) is 2.47. The van der Waals surface area contributed by atoms with Gasteiger partial charge in [0.2, 0.25) is 0 Å². The van der Waals surface area contributed by atoms with E-state index >= 15 is 0 Å². The molecule has 0 aliphatic carbocycles. The zero-order valence-corrected chi connectivity index (χ0v) is 11.1. The van der Waals surface area contributed by atoms with E-state index in [0.29, 0.717) is 11.1 Å². The lowest BCUT2D eigenvalue weighted by atomic mass is 10.9. The second kappa shape index (κ2) is 5.15. The summed E-state index contributed by atoms with van der Waals surface area (Å²) in [6.07, 6.45) is 0. The first-order chi connectivity index (χ1) is 5.95. The summed E-state index contributed by atoms with van der Waals surface area (Å²) in [7, 11) is -4.21. The van der Waals surface area contributed by atoms with E-state index in [0.717, 1.165) is 18.1 Å². The minimum absolute atomic E-state index is 0.307. The highest BCUT2D eigenvalue weighted by atomic mass is 32.2. The van der Waals surface area contributed by atoms with Gasteiger partial charge in [-0.2, -0.15) is 0 Å². The van der Waals surface area contributed by atoms with Gasteiger partial charge in [0.25, 0.3) is 0 Å². The van der Waals surface area contributed by atoms with Crippen molar-refractivity contribution in [3.63, 3.8) is 0 Å². The van der Waals surface area contributed by atoms with Crippen LogP contribution >= 0.6 is 0 Å². The SMILES string of the molecule is CC[Si](CC)(CC)CS(=O)(=O)CC. The van der Waals surface area contributed by atoms with E-state index in [9.17, 15) is 8.42 Å². The third kappa shape index (κ3) is 3.81. The van der Waals surface area contributed by atoms with E-state index < -0.39 is 17.9 Å². The Balaban J connectivity index is 4.61. The molecule has 4 heteroatoms. The Morgan fingerprint density at radius 2 is 1.31 bits per heavy atom. The van der Waals surface area contributed by atoms with Crippen LogP contribution in [0.25, 0.3) is 0 Å². The van der Waals surface area contributed by atoms with Crippen LogP contribution in [0.4, 0.5) is 0 Å². The Kier molecular flexibility index (Phi) is 5.21. The van der Waals surface area contributed by atoms with Crippen LogP contribution in [0.1, 0.15) is 27.7 Å². The first-order valence-corrected chi connectivity index (χ1v) is 9.80. The third-order valence-corrected chi connectivity index (χ3v) is 12.8. The molecule has 0 aliphatic rings. The third-order valence-electron chi connectivity index (χ3n) is 3.22. The van der Waals surface area contributed by atoms with E-state index in [4.69, 9.17) is 0 Å². The van der Waals surface area contributed by atoms with Gasteiger partial charge in [0.1, 0.15) is 9.84 Å². The van der Waals surface area contributed by atoms with Crippen molar-refractivity contribution < 1.29 is 8.42 Å². The smallest absolute Gasteiger partial charge is 0.147 e. The standard InChI is InChI=1S/C9H22O2SSi/c1-5-12(10,11)9-13(6-2,7-3)8-4/h5-9H2,1-4H3. The maximum absolute atomic E-state index is 11.5. The maximum atomic E-state index is 11.5. The van der Waals surface area contributed by atoms with Crippen molar-refractivity contribution >= 4 is 17.9 Å². The molecule has 0 atom stereocenters. The fourth-order valence-corrected chi connectivity index (χ4v) is 10.1. The quantitative estimate of drug-likeness (QED) is 0.647. The Bertz CT molecular complexity index is 222. The number of rotatable bonds is 6. The van der Waals surface area contributed by atoms with Crippen LogP contribution in [0.2, 0.25) is 18.1 Å². The molecule has 13 heavy (non-hydrogen) atoms. The molecule has 0 aliphatic heterocycles. The van der Waals surface area contributed by atoms with Crippen molar-refractivity contribution in [2.45, 2.75) is 45.8 Å². The van der Waals surface area contributed by atoms with Gasteiger partial charge in [0.15, 0.2) is 0 Å². The molecule has 0 unspecified atom stereocenters. The molecule has 0 heterocycles. The lowest BCUT2D eigenvalue weighted by Gasteiger charge is -2.27. The van der Waals surface area contributed by atoms with Gasteiger partial charge in [-0.25, -0.2) is 8.42 Å². The topological polar surface area (TPSA) is 34.1 Å². The first-order valence-electron chi connectivity index (χ1n) is 5.15. The highest BCUT2D eigenvalue weighted by Crippen LogP contribution is 2.22. The molecule has 0 spiro atoms. The van der Waals surface area contributed by atoms with Gasteiger partial charge in [-0.15, -0.1) is 0 Å². The summed E-state index contributed by atoms with van der Waals surface area (Å²) in [5.41, 5.74) is 0. The van der Waals surface area contributed by atoms with Gasteiger partial charge >= 0.3 is 0 Å². The highest BCUT2D eigenvalue weighted by Gasteiger charge is 2.31. The fourth-order valence-electron chi connectivity index (χ4n) is 1.62. The van der Waals surface area contributed by atoms with Crippen molar-refractivity contribution in [1.29, 1.82) is 0 Å². The van der Waals surface area contributed by atoms with Crippen LogP contribution in [0.15, 0.2) is 0 Å². The average Bonchev–Trinajstić information content (AvgIpc) is 2.14. The zero-order valence-electron chi connectivity index (χ0n) is 9.26. The number of sulfone groups is 1. The average molecular weight is 222 g/mol. The molecule has 0 aromatic carbocycles. The van der Waals surface area contributed by atoms with Crippen molar-refractivity contribution in [3.05, 3.63) is 0 Å². The van der Waals surface area contributed by atoms with Crippen LogP contribution in [0.3, 0.4) is 0 Å². The largest absolute Gasteiger partial charge is 0.229 e. The van der Waals surface area contributed by atoms with Crippen molar-refractivity contribution in [3.8, 4) is 0 Å². The molecular weight excluding hydrogens is 200 g/mol. The van der Waals surface area contributed by atoms with Crippen LogP contribution < -0.4 is 0 Å². The summed E-state index contributed by atoms with van der Waals surface area (Å²) in [6.45, 7) is 8.18. The summed E-state index contributed by atoms with van der Waals surface area (Å²) < 4.78 is 23.1. The van der Waals surface area contributed by atoms with Crippen LogP contribution in [0, 0.1) is 0 Å². The van der Waals surface area contributed by atoms with Crippen LogP contribution in [-0.2, 0) is 9.84 Å². The monoisotopic (exact) mass is 222 g/mol. The lowest BCUT2D eigenvalue weighted by Crippen LogP contribution is -2.40. The van der Waals surface area contributed by atoms with Gasteiger partial charge in [-0.1, -0.05) is 45.8 Å². The Labute approximate surface area is 83.7 Å². The molecule has 0 rings (SSSR count). The number of hydrogen-bond acceptors (Lipinski definition) is 2. The van der Waals surface area contributed by atoms with Crippen LogP contribution in [0.5, 0.6) is 0 Å². The van der Waals surface area contributed by atoms with Gasteiger partial charge in [-0.05, 0) is 0 Å². The Morgan fingerprint density at radius 1 is 0.923 bits per heavy atom. The summed E-state index contributed by atoms with van der Waals surface area (Å²) >= 11 is 0. The van der Waals surface area contributed by atoms with Crippen molar-refractivity contribution in [1.82, 2.24) is 0 Å².